The van der Waals surface area contributed by atoms with Crippen LogP contribution in [0.4, 0.5) is 4.39 Å². The highest BCUT2D eigenvalue weighted by Gasteiger charge is 2.40. The van der Waals surface area contributed by atoms with Crippen LogP contribution in [0.5, 0.6) is 5.75 Å². The maximum absolute atomic E-state index is 13.4. The van der Waals surface area contributed by atoms with Crippen LogP contribution >= 0.6 is 0 Å². The van der Waals surface area contributed by atoms with E-state index in [0.29, 0.717) is 5.75 Å². The van der Waals surface area contributed by atoms with Crippen LogP contribution in [-0.4, -0.2) is 5.60 Å². The van der Waals surface area contributed by atoms with Gasteiger partial charge in [-0.15, -0.1) is 0 Å². The Labute approximate surface area is 114 Å². The third kappa shape index (κ3) is 2.48. The topological polar surface area (TPSA) is 35.2 Å². The Bertz CT molecular complexity index is 476. The maximum Gasteiger partial charge on any atom is 0.127 e. The van der Waals surface area contributed by atoms with Gasteiger partial charge in [-0.05, 0) is 37.7 Å². The number of hydrogen-bond donors (Lipinski definition) is 1. The lowest BCUT2D eigenvalue weighted by Crippen LogP contribution is -2.42. The van der Waals surface area contributed by atoms with E-state index in [-0.39, 0.29) is 17.5 Å². The van der Waals surface area contributed by atoms with Gasteiger partial charge in [0.05, 0.1) is 0 Å². The summed E-state index contributed by atoms with van der Waals surface area (Å²) in [5, 5.41) is 0. The van der Waals surface area contributed by atoms with Gasteiger partial charge in [-0.3, -0.25) is 0 Å². The van der Waals surface area contributed by atoms with Crippen LogP contribution < -0.4 is 10.5 Å². The first-order valence-corrected chi connectivity index (χ1v) is 7.32. The van der Waals surface area contributed by atoms with Crippen molar-refractivity contribution in [3.05, 3.63) is 29.6 Å². The highest BCUT2D eigenvalue weighted by atomic mass is 19.1. The van der Waals surface area contributed by atoms with E-state index in [2.05, 4.69) is 6.92 Å². The molecule has 2 nitrogen and oxygen atoms in total. The largest absolute Gasteiger partial charge is 0.487 e. The molecule has 1 saturated carbocycles. The second kappa shape index (κ2) is 4.78. The normalized spacial score (nSPS) is 34.5. The van der Waals surface area contributed by atoms with Gasteiger partial charge in [0.1, 0.15) is 17.2 Å². The van der Waals surface area contributed by atoms with Crippen molar-refractivity contribution in [2.45, 2.75) is 57.1 Å². The van der Waals surface area contributed by atoms with E-state index in [9.17, 15) is 4.39 Å². The number of ether oxygens (including phenoxy) is 1. The third-order valence-corrected chi connectivity index (χ3v) is 4.72. The number of hydrogen-bond acceptors (Lipinski definition) is 2. The Kier molecular flexibility index (Phi) is 3.25. The number of halogens is 1. The van der Waals surface area contributed by atoms with E-state index in [1.807, 2.05) is 0 Å². The summed E-state index contributed by atoms with van der Waals surface area (Å²) in [6, 6.07) is 4.69. The lowest BCUT2D eigenvalue weighted by atomic mass is 9.82. The van der Waals surface area contributed by atoms with Crippen LogP contribution in [0.15, 0.2) is 18.2 Å². The van der Waals surface area contributed by atoms with E-state index in [0.717, 1.165) is 30.7 Å². The van der Waals surface area contributed by atoms with E-state index in [4.69, 9.17) is 10.5 Å². The minimum atomic E-state index is -0.245. The smallest absolute Gasteiger partial charge is 0.127 e. The first-order valence-electron chi connectivity index (χ1n) is 7.32. The lowest BCUT2D eigenvalue weighted by molar-refractivity contribution is 0.0202. The van der Waals surface area contributed by atoms with Crippen LogP contribution in [0.2, 0.25) is 0 Å². The Morgan fingerprint density at radius 2 is 2.16 bits per heavy atom. The highest BCUT2D eigenvalue weighted by Crippen LogP contribution is 2.45. The molecule has 1 aliphatic heterocycles. The molecule has 2 N–H and O–H groups in total. The summed E-state index contributed by atoms with van der Waals surface area (Å²) in [6.07, 6.45) is 6.56. The second-order valence-electron chi connectivity index (χ2n) is 6.31. The monoisotopic (exact) mass is 263 g/mol. The van der Waals surface area contributed by atoms with E-state index in [1.54, 1.807) is 6.07 Å². The standard InChI is InChI=1S/C16H22FNO/c1-11-3-2-7-16(8-6-11)10-14(18)13-5-4-12(17)9-15(13)19-16/h4-5,9,11,14H,2-3,6-8,10,18H2,1H3/t11?,14-,16?/m0/s1. The fourth-order valence-corrected chi connectivity index (χ4v) is 3.55. The van der Waals surface area contributed by atoms with Crippen molar-refractivity contribution < 1.29 is 9.13 Å². The van der Waals surface area contributed by atoms with Gasteiger partial charge >= 0.3 is 0 Å². The van der Waals surface area contributed by atoms with Crippen molar-refractivity contribution in [3.63, 3.8) is 0 Å². The molecule has 1 fully saturated rings. The van der Waals surface area contributed by atoms with Crippen LogP contribution in [0, 0.1) is 11.7 Å². The molecule has 1 heterocycles. The molecule has 19 heavy (non-hydrogen) atoms. The predicted molar refractivity (Wildman–Crippen MR) is 73.6 cm³/mol. The molecule has 1 aromatic carbocycles. The Hall–Kier alpha value is -1.09. The molecule has 3 rings (SSSR count). The van der Waals surface area contributed by atoms with Crippen molar-refractivity contribution in [3.8, 4) is 5.75 Å². The Balaban J connectivity index is 1.90. The van der Waals surface area contributed by atoms with E-state index >= 15 is 0 Å². The van der Waals surface area contributed by atoms with Crippen molar-refractivity contribution in [2.24, 2.45) is 11.7 Å². The number of fused-ring (bicyclic) bond motifs is 1. The van der Waals surface area contributed by atoms with Gasteiger partial charge in [0.15, 0.2) is 0 Å². The van der Waals surface area contributed by atoms with E-state index in [1.165, 1.54) is 31.4 Å². The fourth-order valence-electron chi connectivity index (χ4n) is 3.55. The minimum absolute atomic E-state index is 0.0299. The summed E-state index contributed by atoms with van der Waals surface area (Å²) in [5.74, 6) is 1.17. The predicted octanol–water partition coefficient (Wildman–Crippen LogP) is 3.95. The quantitative estimate of drug-likeness (QED) is 0.769. The van der Waals surface area contributed by atoms with Crippen LogP contribution in [0.25, 0.3) is 0 Å². The molecule has 2 unspecified atom stereocenters. The molecule has 104 valence electrons. The molecule has 3 heteroatoms. The third-order valence-electron chi connectivity index (χ3n) is 4.72. The average Bonchev–Trinajstić information content (AvgIpc) is 2.52. The fraction of sp³-hybridized carbons (Fsp3) is 0.625. The summed E-state index contributed by atoms with van der Waals surface area (Å²) in [5.41, 5.74) is 7.07. The molecule has 1 aromatic rings. The minimum Gasteiger partial charge on any atom is -0.487 e. The van der Waals surface area contributed by atoms with Crippen molar-refractivity contribution in [1.82, 2.24) is 0 Å². The molecular formula is C16H22FNO. The van der Waals surface area contributed by atoms with Gasteiger partial charge in [0, 0.05) is 24.1 Å². The summed E-state index contributed by atoms with van der Waals surface area (Å²) in [4.78, 5) is 0. The summed E-state index contributed by atoms with van der Waals surface area (Å²) >= 11 is 0. The molecule has 0 radical (unpaired) electrons. The lowest BCUT2D eigenvalue weighted by Gasteiger charge is -2.41. The van der Waals surface area contributed by atoms with E-state index < -0.39 is 0 Å². The molecule has 0 aromatic heterocycles. The zero-order valence-electron chi connectivity index (χ0n) is 11.5. The zero-order chi connectivity index (χ0) is 13.5. The Morgan fingerprint density at radius 1 is 1.32 bits per heavy atom. The van der Waals surface area contributed by atoms with Gasteiger partial charge < -0.3 is 10.5 Å². The first-order chi connectivity index (χ1) is 9.08. The molecule has 0 saturated heterocycles. The maximum atomic E-state index is 13.4. The molecule has 3 atom stereocenters. The van der Waals surface area contributed by atoms with Crippen LogP contribution in [0.3, 0.4) is 0 Å². The second-order valence-corrected chi connectivity index (χ2v) is 6.31. The molecule has 0 amide bonds. The molecule has 2 aliphatic rings. The summed E-state index contributed by atoms with van der Waals surface area (Å²) in [7, 11) is 0. The van der Waals surface area contributed by atoms with Gasteiger partial charge in [-0.2, -0.15) is 0 Å². The average molecular weight is 263 g/mol. The summed E-state index contributed by atoms with van der Waals surface area (Å²) < 4.78 is 19.6. The SMILES string of the molecule is CC1CCCC2(CC1)C[C@H](N)c1ccc(F)cc1O2. The molecule has 1 spiro atoms. The van der Waals surface area contributed by atoms with Gasteiger partial charge in [0.2, 0.25) is 0 Å². The number of rotatable bonds is 0. The Morgan fingerprint density at radius 3 is 3.00 bits per heavy atom. The zero-order valence-corrected chi connectivity index (χ0v) is 11.5. The highest BCUT2D eigenvalue weighted by molar-refractivity contribution is 5.39. The van der Waals surface area contributed by atoms with Gasteiger partial charge in [0.25, 0.3) is 0 Å². The first kappa shape index (κ1) is 12.9. The number of nitrogens with two attached hydrogens (primary N) is 1. The molecular weight excluding hydrogens is 241 g/mol. The number of benzene rings is 1. The summed E-state index contributed by atoms with van der Waals surface area (Å²) in [6.45, 7) is 2.30. The van der Waals surface area contributed by atoms with Crippen LogP contribution in [-0.2, 0) is 0 Å². The molecule has 0 bridgehead atoms. The van der Waals surface area contributed by atoms with Gasteiger partial charge in [-0.1, -0.05) is 19.4 Å². The molecule has 1 aliphatic carbocycles. The van der Waals surface area contributed by atoms with Crippen molar-refractivity contribution >= 4 is 0 Å². The van der Waals surface area contributed by atoms with Crippen LogP contribution in [0.1, 0.15) is 57.1 Å². The van der Waals surface area contributed by atoms with Crippen molar-refractivity contribution in [2.75, 3.05) is 0 Å². The van der Waals surface area contributed by atoms with Crippen molar-refractivity contribution in [1.29, 1.82) is 0 Å². The van der Waals surface area contributed by atoms with Gasteiger partial charge in [-0.25, -0.2) is 4.39 Å².